The second kappa shape index (κ2) is 9.72. The van der Waals surface area contributed by atoms with Crippen LogP contribution in [0.5, 0.6) is 0 Å². The zero-order valence-corrected chi connectivity index (χ0v) is 17.6. The Morgan fingerprint density at radius 2 is 1.93 bits per heavy atom. The highest BCUT2D eigenvalue weighted by Crippen LogP contribution is 2.24. The number of amides is 1. The number of benzene rings is 1. The van der Waals surface area contributed by atoms with Crippen molar-refractivity contribution in [2.75, 3.05) is 6.54 Å². The molecule has 1 amide bonds. The first kappa shape index (κ1) is 21.9. The molecule has 1 N–H and O–H groups in total. The average molecular weight is 384 g/mol. The van der Waals surface area contributed by atoms with E-state index in [4.69, 9.17) is 5.11 Å². The molecule has 152 valence electrons. The van der Waals surface area contributed by atoms with E-state index in [2.05, 4.69) is 45.9 Å². The number of aromatic carboxylic acids is 1. The molecule has 1 aromatic rings. The molecule has 0 radical (unpaired) electrons. The number of hydrogen-bond acceptors (Lipinski definition) is 2. The van der Waals surface area contributed by atoms with Crippen LogP contribution in [-0.2, 0) is 11.2 Å². The van der Waals surface area contributed by atoms with Crippen molar-refractivity contribution in [1.29, 1.82) is 0 Å². The fraction of sp³-hybridized carbons (Fsp3) is 0.500. The molecule has 1 fully saturated rings. The largest absolute Gasteiger partial charge is 0.478 e. The summed E-state index contributed by atoms with van der Waals surface area (Å²) in [6.07, 6.45) is 10.8. The van der Waals surface area contributed by atoms with Gasteiger partial charge in [-0.2, -0.15) is 0 Å². The Morgan fingerprint density at radius 1 is 1.25 bits per heavy atom. The third kappa shape index (κ3) is 6.99. The van der Waals surface area contributed by atoms with Crippen LogP contribution in [0, 0.1) is 5.41 Å². The molecule has 0 aromatic heterocycles. The Labute approximate surface area is 168 Å². The molecule has 2 rings (SSSR count). The van der Waals surface area contributed by atoms with Crippen molar-refractivity contribution in [2.24, 2.45) is 5.41 Å². The summed E-state index contributed by atoms with van der Waals surface area (Å²) < 4.78 is 0. The Balaban J connectivity index is 1.90. The summed E-state index contributed by atoms with van der Waals surface area (Å²) in [5.41, 5.74) is 3.04. The van der Waals surface area contributed by atoms with Gasteiger partial charge in [-0.25, -0.2) is 4.79 Å². The van der Waals surface area contributed by atoms with Gasteiger partial charge in [-0.1, -0.05) is 56.7 Å². The highest BCUT2D eigenvalue weighted by molar-refractivity contribution is 5.87. The lowest BCUT2D eigenvalue weighted by Crippen LogP contribution is -2.33. The van der Waals surface area contributed by atoms with Gasteiger partial charge in [0.15, 0.2) is 0 Å². The molecule has 0 spiro atoms. The van der Waals surface area contributed by atoms with E-state index in [1.165, 1.54) is 5.57 Å². The predicted octanol–water partition coefficient (Wildman–Crippen LogP) is 5.25. The molecule has 0 aliphatic carbocycles. The number of likely N-dealkylation sites (tertiary alicyclic amines) is 1. The summed E-state index contributed by atoms with van der Waals surface area (Å²) >= 11 is 0. The van der Waals surface area contributed by atoms with Gasteiger partial charge in [0.1, 0.15) is 0 Å². The lowest BCUT2D eigenvalue weighted by atomic mass is 9.89. The SMILES string of the molecule is CC(=CC=CC1CCC(=O)N1CCc1ccc(C(=O)O)cc1)CCC(C)(C)C. The van der Waals surface area contributed by atoms with Gasteiger partial charge in [0.05, 0.1) is 11.6 Å². The van der Waals surface area contributed by atoms with Crippen molar-refractivity contribution < 1.29 is 14.7 Å². The monoisotopic (exact) mass is 383 g/mol. The summed E-state index contributed by atoms with van der Waals surface area (Å²) in [4.78, 5) is 25.1. The van der Waals surface area contributed by atoms with Gasteiger partial charge in [-0.15, -0.1) is 0 Å². The standard InChI is InChI=1S/C24H33NO3/c1-18(14-16-24(2,3)4)6-5-7-21-12-13-22(26)25(21)17-15-19-8-10-20(11-9-19)23(27)28/h5-11,21H,12-17H2,1-4H3,(H,27,28). The number of rotatable bonds is 8. The number of carbonyl (C=O) groups is 2. The molecule has 28 heavy (non-hydrogen) atoms. The van der Waals surface area contributed by atoms with Crippen LogP contribution in [0.3, 0.4) is 0 Å². The van der Waals surface area contributed by atoms with Crippen molar-refractivity contribution in [1.82, 2.24) is 4.90 Å². The van der Waals surface area contributed by atoms with Gasteiger partial charge in [-0.3, -0.25) is 4.79 Å². The quantitative estimate of drug-likeness (QED) is 0.624. The summed E-state index contributed by atoms with van der Waals surface area (Å²) in [6.45, 7) is 9.59. The molecular formula is C24H33NO3. The van der Waals surface area contributed by atoms with Crippen LogP contribution >= 0.6 is 0 Å². The maximum absolute atomic E-state index is 12.3. The van der Waals surface area contributed by atoms with Crippen molar-refractivity contribution in [3.05, 3.63) is 59.2 Å². The van der Waals surface area contributed by atoms with Crippen LogP contribution in [0.1, 0.15) is 69.3 Å². The van der Waals surface area contributed by atoms with Gasteiger partial charge in [0.25, 0.3) is 0 Å². The first-order valence-electron chi connectivity index (χ1n) is 10.1. The molecule has 1 saturated heterocycles. The van der Waals surface area contributed by atoms with E-state index in [1.807, 2.05) is 17.0 Å². The van der Waals surface area contributed by atoms with Gasteiger partial charge in [-0.05, 0) is 55.7 Å². The topological polar surface area (TPSA) is 57.6 Å². The van der Waals surface area contributed by atoms with E-state index < -0.39 is 5.97 Å². The normalized spacial score (nSPS) is 18.3. The van der Waals surface area contributed by atoms with E-state index in [0.717, 1.165) is 31.2 Å². The minimum atomic E-state index is -0.919. The van der Waals surface area contributed by atoms with Crippen LogP contribution < -0.4 is 0 Å². The average Bonchev–Trinajstić information content (AvgIpc) is 2.98. The molecular weight excluding hydrogens is 350 g/mol. The molecule has 1 unspecified atom stereocenters. The summed E-state index contributed by atoms with van der Waals surface area (Å²) in [5.74, 6) is -0.720. The Hall–Kier alpha value is -2.36. The Kier molecular flexibility index (Phi) is 7.61. The van der Waals surface area contributed by atoms with Crippen LogP contribution in [0.2, 0.25) is 0 Å². The van der Waals surface area contributed by atoms with Gasteiger partial charge < -0.3 is 10.0 Å². The summed E-state index contributed by atoms with van der Waals surface area (Å²) in [6, 6.07) is 7.04. The molecule has 0 saturated carbocycles. The number of carbonyl (C=O) groups excluding carboxylic acids is 1. The first-order valence-corrected chi connectivity index (χ1v) is 10.1. The van der Waals surface area contributed by atoms with E-state index in [-0.39, 0.29) is 17.5 Å². The smallest absolute Gasteiger partial charge is 0.335 e. The molecule has 1 heterocycles. The van der Waals surface area contributed by atoms with Crippen LogP contribution in [0.15, 0.2) is 48.1 Å². The van der Waals surface area contributed by atoms with Gasteiger partial charge in [0, 0.05) is 13.0 Å². The molecule has 4 nitrogen and oxygen atoms in total. The molecule has 1 aliphatic heterocycles. The molecule has 1 aliphatic rings. The van der Waals surface area contributed by atoms with E-state index >= 15 is 0 Å². The van der Waals surface area contributed by atoms with Crippen molar-refractivity contribution >= 4 is 11.9 Å². The number of nitrogens with zero attached hydrogens (tertiary/aromatic N) is 1. The van der Waals surface area contributed by atoms with Gasteiger partial charge in [0.2, 0.25) is 5.91 Å². The number of carboxylic acids is 1. The van der Waals surface area contributed by atoms with Crippen molar-refractivity contribution in [2.45, 2.75) is 65.8 Å². The number of carboxylic acid groups (broad SMARTS) is 1. The maximum Gasteiger partial charge on any atom is 0.335 e. The molecule has 0 bridgehead atoms. The summed E-state index contributed by atoms with van der Waals surface area (Å²) in [7, 11) is 0. The van der Waals surface area contributed by atoms with Crippen molar-refractivity contribution in [3.63, 3.8) is 0 Å². The third-order valence-electron chi connectivity index (χ3n) is 5.20. The van der Waals surface area contributed by atoms with Gasteiger partial charge >= 0.3 is 5.97 Å². The molecule has 4 heteroatoms. The molecule has 1 aromatic carbocycles. The minimum Gasteiger partial charge on any atom is -0.478 e. The lowest BCUT2D eigenvalue weighted by molar-refractivity contribution is -0.128. The Morgan fingerprint density at radius 3 is 2.54 bits per heavy atom. The predicted molar refractivity (Wildman–Crippen MR) is 113 cm³/mol. The minimum absolute atomic E-state index is 0.150. The highest BCUT2D eigenvalue weighted by atomic mass is 16.4. The zero-order chi connectivity index (χ0) is 20.7. The van der Waals surface area contributed by atoms with Crippen molar-refractivity contribution in [3.8, 4) is 0 Å². The molecule has 1 atom stereocenters. The van der Waals surface area contributed by atoms with E-state index in [9.17, 15) is 9.59 Å². The fourth-order valence-corrected chi connectivity index (χ4v) is 3.31. The second-order valence-electron chi connectivity index (χ2n) is 8.90. The van der Waals surface area contributed by atoms with Crippen LogP contribution in [-0.4, -0.2) is 34.5 Å². The maximum atomic E-state index is 12.3. The first-order chi connectivity index (χ1) is 13.2. The second-order valence-corrected chi connectivity index (χ2v) is 8.90. The van der Waals surface area contributed by atoms with E-state index in [0.29, 0.717) is 18.4 Å². The van der Waals surface area contributed by atoms with E-state index in [1.54, 1.807) is 12.1 Å². The number of hydrogen-bond donors (Lipinski definition) is 1. The number of allylic oxidation sites excluding steroid dienone is 3. The third-order valence-corrected chi connectivity index (χ3v) is 5.20. The fourth-order valence-electron chi connectivity index (χ4n) is 3.31. The zero-order valence-electron chi connectivity index (χ0n) is 17.6. The lowest BCUT2D eigenvalue weighted by Gasteiger charge is -2.22. The van der Waals surface area contributed by atoms with Crippen LogP contribution in [0.25, 0.3) is 0 Å². The summed E-state index contributed by atoms with van der Waals surface area (Å²) in [5, 5.41) is 8.98. The highest BCUT2D eigenvalue weighted by Gasteiger charge is 2.28. The Bertz CT molecular complexity index is 738. The van der Waals surface area contributed by atoms with Crippen LogP contribution in [0.4, 0.5) is 0 Å².